The fourth-order valence-corrected chi connectivity index (χ4v) is 2.37. The van der Waals surface area contributed by atoms with Gasteiger partial charge in [0.25, 0.3) is 5.69 Å². The number of benzene rings is 2. The second-order valence-electron chi connectivity index (χ2n) is 4.54. The van der Waals surface area contributed by atoms with Gasteiger partial charge in [-0.2, -0.15) is 5.26 Å². The first-order valence-corrected chi connectivity index (χ1v) is 6.36. The molecule has 0 N–H and O–H groups in total. The van der Waals surface area contributed by atoms with Crippen molar-refractivity contribution in [2.45, 2.75) is 18.8 Å². The van der Waals surface area contributed by atoms with Crippen LogP contribution in [0.15, 0.2) is 54.6 Å². The minimum Gasteiger partial charge on any atom is -0.258 e. The minimum absolute atomic E-state index is 0.0322. The van der Waals surface area contributed by atoms with E-state index in [0.717, 1.165) is 11.1 Å². The lowest BCUT2D eigenvalue weighted by Crippen LogP contribution is -2.24. The zero-order chi connectivity index (χ0) is 14.6. The molecule has 0 amide bonds. The van der Waals surface area contributed by atoms with Crippen LogP contribution in [0.25, 0.3) is 0 Å². The molecular weight excluding hydrogens is 252 g/mol. The van der Waals surface area contributed by atoms with E-state index in [1.165, 1.54) is 12.1 Å². The highest BCUT2D eigenvalue weighted by Gasteiger charge is 2.32. The predicted molar refractivity (Wildman–Crippen MR) is 76.2 cm³/mol. The van der Waals surface area contributed by atoms with E-state index in [9.17, 15) is 15.4 Å². The Morgan fingerprint density at radius 3 is 2.10 bits per heavy atom. The number of nitrogens with zero attached hydrogens (tertiary/aromatic N) is 2. The van der Waals surface area contributed by atoms with Crippen molar-refractivity contribution in [1.82, 2.24) is 0 Å². The number of hydrogen-bond acceptors (Lipinski definition) is 3. The summed E-state index contributed by atoms with van der Waals surface area (Å²) in [6.45, 7) is 1.94. The lowest BCUT2D eigenvalue weighted by Gasteiger charge is -2.26. The van der Waals surface area contributed by atoms with Crippen LogP contribution < -0.4 is 0 Å². The quantitative estimate of drug-likeness (QED) is 0.624. The molecule has 0 aromatic heterocycles. The summed E-state index contributed by atoms with van der Waals surface area (Å²) in [5.41, 5.74) is 0.944. The van der Waals surface area contributed by atoms with Crippen LogP contribution in [-0.4, -0.2) is 4.92 Å². The second-order valence-corrected chi connectivity index (χ2v) is 4.54. The number of nitro benzene ring substituents is 1. The maximum Gasteiger partial charge on any atom is 0.269 e. The van der Waals surface area contributed by atoms with Crippen molar-refractivity contribution in [3.63, 3.8) is 0 Å². The van der Waals surface area contributed by atoms with Crippen LogP contribution in [0.4, 0.5) is 5.69 Å². The van der Waals surface area contributed by atoms with Crippen LogP contribution in [0.5, 0.6) is 0 Å². The molecule has 1 unspecified atom stereocenters. The van der Waals surface area contributed by atoms with Gasteiger partial charge in [-0.3, -0.25) is 10.1 Å². The summed E-state index contributed by atoms with van der Waals surface area (Å²) in [5.74, 6) is 0. The van der Waals surface area contributed by atoms with Crippen molar-refractivity contribution in [1.29, 1.82) is 5.26 Å². The topological polar surface area (TPSA) is 66.9 Å². The molecule has 4 heteroatoms. The van der Waals surface area contributed by atoms with Crippen LogP contribution in [0.3, 0.4) is 0 Å². The zero-order valence-electron chi connectivity index (χ0n) is 11.1. The van der Waals surface area contributed by atoms with Gasteiger partial charge in [0.1, 0.15) is 5.41 Å². The Labute approximate surface area is 117 Å². The molecule has 100 valence electrons. The third kappa shape index (κ3) is 2.26. The van der Waals surface area contributed by atoms with Crippen LogP contribution in [0.2, 0.25) is 0 Å². The number of non-ortho nitro benzene ring substituents is 1. The van der Waals surface area contributed by atoms with E-state index < -0.39 is 10.3 Å². The summed E-state index contributed by atoms with van der Waals surface area (Å²) in [4.78, 5) is 10.3. The fraction of sp³-hybridized carbons (Fsp3) is 0.188. The van der Waals surface area contributed by atoms with Crippen molar-refractivity contribution in [3.8, 4) is 6.07 Å². The molecule has 1 atom stereocenters. The van der Waals surface area contributed by atoms with Crippen molar-refractivity contribution in [3.05, 3.63) is 75.8 Å². The predicted octanol–water partition coefficient (Wildman–Crippen LogP) is 3.81. The van der Waals surface area contributed by atoms with Crippen molar-refractivity contribution < 1.29 is 4.92 Å². The third-order valence-corrected chi connectivity index (χ3v) is 3.56. The van der Waals surface area contributed by atoms with Gasteiger partial charge in [-0.05, 0) is 17.5 Å². The molecule has 0 aliphatic carbocycles. The van der Waals surface area contributed by atoms with Crippen LogP contribution >= 0.6 is 0 Å². The molecule has 0 radical (unpaired) electrons. The SMILES string of the molecule is CCC(C#N)(c1ccccc1)c1ccc([N+](=O)[O-])cc1. The van der Waals surface area contributed by atoms with E-state index in [-0.39, 0.29) is 5.69 Å². The number of rotatable bonds is 4. The van der Waals surface area contributed by atoms with E-state index in [1.807, 2.05) is 37.3 Å². The Bertz CT molecular complexity index is 644. The molecule has 4 nitrogen and oxygen atoms in total. The van der Waals surface area contributed by atoms with Gasteiger partial charge in [-0.25, -0.2) is 0 Å². The van der Waals surface area contributed by atoms with Gasteiger partial charge in [0.15, 0.2) is 0 Å². The van der Waals surface area contributed by atoms with Crippen molar-refractivity contribution >= 4 is 5.69 Å². The Morgan fingerprint density at radius 1 is 1.10 bits per heavy atom. The summed E-state index contributed by atoms with van der Waals surface area (Å²) in [7, 11) is 0. The standard InChI is InChI=1S/C16H14N2O2/c1-2-16(12-17,13-6-4-3-5-7-13)14-8-10-15(11-9-14)18(19)20/h3-11H,2H2,1H3. The highest BCUT2D eigenvalue weighted by Crippen LogP contribution is 2.35. The molecule has 2 aromatic carbocycles. The molecule has 0 fully saturated rings. The fourth-order valence-electron chi connectivity index (χ4n) is 2.37. The van der Waals surface area contributed by atoms with Gasteiger partial charge in [0, 0.05) is 12.1 Å². The molecule has 0 aliphatic heterocycles. The first-order chi connectivity index (χ1) is 9.64. The minimum atomic E-state index is -0.767. The number of nitro groups is 1. The van der Waals surface area contributed by atoms with Gasteiger partial charge < -0.3 is 0 Å². The number of nitriles is 1. The van der Waals surface area contributed by atoms with E-state index >= 15 is 0 Å². The van der Waals surface area contributed by atoms with Crippen LogP contribution in [0, 0.1) is 21.4 Å². The van der Waals surface area contributed by atoms with Crippen LogP contribution in [0.1, 0.15) is 24.5 Å². The van der Waals surface area contributed by atoms with Crippen molar-refractivity contribution in [2.75, 3.05) is 0 Å². The summed E-state index contributed by atoms with van der Waals surface area (Å²) in [6.07, 6.45) is 0.603. The molecule has 0 aliphatic rings. The maximum atomic E-state index is 10.7. The monoisotopic (exact) mass is 266 g/mol. The largest absolute Gasteiger partial charge is 0.269 e. The van der Waals surface area contributed by atoms with Gasteiger partial charge in [0.05, 0.1) is 11.0 Å². The van der Waals surface area contributed by atoms with Crippen LogP contribution in [-0.2, 0) is 5.41 Å². The van der Waals surface area contributed by atoms with Gasteiger partial charge in [-0.1, -0.05) is 49.4 Å². The Kier molecular flexibility index (Phi) is 3.81. The highest BCUT2D eigenvalue weighted by molar-refractivity contribution is 5.48. The molecule has 0 saturated carbocycles. The summed E-state index contributed by atoms with van der Waals surface area (Å²) in [5, 5.41) is 20.4. The Balaban J connectivity index is 2.54. The maximum absolute atomic E-state index is 10.7. The summed E-state index contributed by atoms with van der Waals surface area (Å²) >= 11 is 0. The normalized spacial score (nSPS) is 13.2. The molecule has 2 rings (SSSR count). The van der Waals surface area contributed by atoms with Crippen molar-refractivity contribution in [2.24, 2.45) is 0 Å². The molecular formula is C16H14N2O2. The molecule has 0 spiro atoms. The van der Waals surface area contributed by atoms with E-state index in [1.54, 1.807) is 12.1 Å². The van der Waals surface area contributed by atoms with E-state index in [2.05, 4.69) is 6.07 Å². The first kappa shape index (κ1) is 13.8. The Hall–Kier alpha value is -2.67. The average molecular weight is 266 g/mol. The Morgan fingerprint density at radius 2 is 1.65 bits per heavy atom. The second kappa shape index (κ2) is 5.54. The third-order valence-electron chi connectivity index (χ3n) is 3.56. The van der Waals surface area contributed by atoms with E-state index in [0.29, 0.717) is 6.42 Å². The molecule has 0 saturated heterocycles. The smallest absolute Gasteiger partial charge is 0.258 e. The van der Waals surface area contributed by atoms with Gasteiger partial charge in [-0.15, -0.1) is 0 Å². The lowest BCUT2D eigenvalue weighted by molar-refractivity contribution is -0.384. The summed E-state index contributed by atoms with van der Waals surface area (Å²) < 4.78 is 0. The highest BCUT2D eigenvalue weighted by atomic mass is 16.6. The van der Waals surface area contributed by atoms with Gasteiger partial charge in [0.2, 0.25) is 0 Å². The molecule has 0 heterocycles. The van der Waals surface area contributed by atoms with E-state index in [4.69, 9.17) is 0 Å². The molecule has 0 bridgehead atoms. The molecule has 20 heavy (non-hydrogen) atoms. The summed E-state index contributed by atoms with van der Waals surface area (Å²) in [6, 6.07) is 18.1. The first-order valence-electron chi connectivity index (χ1n) is 6.36. The lowest BCUT2D eigenvalue weighted by atomic mass is 9.74. The average Bonchev–Trinajstić information content (AvgIpc) is 2.51. The zero-order valence-corrected chi connectivity index (χ0v) is 11.1. The molecule has 2 aromatic rings. The number of hydrogen-bond donors (Lipinski definition) is 0. The van der Waals surface area contributed by atoms with Gasteiger partial charge >= 0.3 is 0 Å².